The van der Waals surface area contributed by atoms with Gasteiger partial charge in [0, 0.05) is 24.1 Å². The van der Waals surface area contributed by atoms with Gasteiger partial charge in [-0.3, -0.25) is 4.90 Å². The van der Waals surface area contributed by atoms with Crippen LogP contribution in [-0.4, -0.2) is 29.4 Å². The Kier molecular flexibility index (Phi) is 4.24. The highest BCUT2D eigenvalue weighted by atomic mass is 16.6. The summed E-state index contributed by atoms with van der Waals surface area (Å²) in [6, 6.07) is 10.3. The van der Waals surface area contributed by atoms with Crippen molar-refractivity contribution in [2.75, 3.05) is 6.54 Å². The molecule has 2 aliphatic rings. The molecule has 0 saturated heterocycles. The molecule has 0 radical (unpaired) electrons. The normalized spacial score (nSPS) is 22.8. The molecule has 4 nitrogen and oxygen atoms in total. The number of allylic oxidation sites excluding steroid dienone is 1. The first-order valence-corrected chi connectivity index (χ1v) is 8.53. The maximum atomic E-state index is 12.5. The predicted molar refractivity (Wildman–Crippen MR) is 92.6 cm³/mol. The highest BCUT2D eigenvalue weighted by molar-refractivity contribution is 5.72. The second-order valence-electron chi connectivity index (χ2n) is 7.96. The molecule has 1 atom stereocenters. The Balaban J connectivity index is 1.74. The summed E-state index contributed by atoms with van der Waals surface area (Å²) in [4.78, 5) is 25.5. The minimum atomic E-state index is -0.548. The van der Waals surface area contributed by atoms with Gasteiger partial charge in [0.1, 0.15) is 11.9 Å². The minimum Gasteiger partial charge on any atom is -0.443 e. The Morgan fingerprint density at radius 2 is 1.96 bits per heavy atom. The predicted octanol–water partition coefficient (Wildman–Crippen LogP) is 4.27. The van der Waals surface area contributed by atoms with Gasteiger partial charge in [-0.1, -0.05) is 30.3 Å². The van der Waals surface area contributed by atoms with Gasteiger partial charge in [0.05, 0.1) is 0 Å². The first-order valence-electron chi connectivity index (χ1n) is 8.53. The summed E-state index contributed by atoms with van der Waals surface area (Å²) in [5.41, 5.74) is 1.57. The standard InChI is InChI=1S/C20H25NO3/c1-19(2,3)24-18(23)21(13-20(14-22)9-10-20)12-16-11-17(16)15-7-5-4-6-8-15/h4-8,12,14,17H,9-11,13H2,1-3H3/b16-12+. The molecule has 2 aliphatic carbocycles. The summed E-state index contributed by atoms with van der Waals surface area (Å²) >= 11 is 0. The molecule has 0 heterocycles. The average Bonchev–Trinajstić information content (AvgIpc) is 3.42. The molecule has 0 spiro atoms. The van der Waals surface area contributed by atoms with Crippen molar-refractivity contribution in [2.45, 2.75) is 51.6 Å². The van der Waals surface area contributed by atoms with Crippen LogP contribution in [0.15, 0.2) is 42.1 Å². The van der Waals surface area contributed by atoms with Crippen LogP contribution in [0.2, 0.25) is 0 Å². The van der Waals surface area contributed by atoms with Crippen LogP contribution in [0, 0.1) is 5.41 Å². The Morgan fingerprint density at radius 3 is 2.50 bits per heavy atom. The van der Waals surface area contributed by atoms with Gasteiger partial charge in [0.25, 0.3) is 0 Å². The van der Waals surface area contributed by atoms with Gasteiger partial charge in [-0.15, -0.1) is 0 Å². The summed E-state index contributed by atoms with van der Waals surface area (Å²) < 4.78 is 5.51. The van der Waals surface area contributed by atoms with Crippen LogP contribution >= 0.6 is 0 Å². The topological polar surface area (TPSA) is 46.6 Å². The van der Waals surface area contributed by atoms with Crippen LogP contribution < -0.4 is 0 Å². The molecule has 0 aliphatic heterocycles. The van der Waals surface area contributed by atoms with Crippen LogP contribution in [-0.2, 0) is 9.53 Å². The lowest BCUT2D eigenvalue weighted by atomic mass is 10.1. The van der Waals surface area contributed by atoms with Gasteiger partial charge >= 0.3 is 6.09 Å². The second-order valence-corrected chi connectivity index (χ2v) is 7.96. The van der Waals surface area contributed by atoms with Gasteiger partial charge in [-0.2, -0.15) is 0 Å². The van der Waals surface area contributed by atoms with Crippen molar-refractivity contribution >= 4 is 12.4 Å². The van der Waals surface area contributed by atoms with E-state index in [1.54, 1.807) is 4.90 Å². The summed E-state index contributed by atoms with van der Waals surface area (Å²) in [6.45, 7) is 5.97. The van der Waals surface area contributed by atoms with Crippen LogP contribution in [0.4, 0.5) is 4.79 Å². The largest absolute Gasteiger partial charge is 0.443 e. The monoisotopic (exact) mass is 327 g/mol. The van der Waals surface area contributed by atoms with E-state index in [1.807, 2.05) is 45.2 Å². The molecule has 2 saturated carbocycles. The van der Waals surface area contributed by atoms with Crippen molar-refractivity contribution in [2.24, 2.45) is 5.41 Å². The number of carbonyl (C=O) groups excluding carboxylic acids is 2. The van der Waals surface area contributed by atoms with E-state index in [1.165, 1.54) is 11.1 Å². The first kappa shape index (κ1) is 16.7. The number of rotatable bonds is 5. The molecule has 4 heteroatoms. The SMILES string of the molecule is CC(C)(C)OC(=O)N(/C=C1\CC1c1ccccc1)CC1(C=O)CC1. The van der Waals surface area contributed by atoms with Gasteiger partial charge in [0.2, 0.25) is 0 Å². The Labute approximate surface area is 143 Å². The van der Waals surface area contributed by atoms with Crippen LogP contribution in [0.3, 0.4) is 0 Å². The van der Waals surface area contributed by atoms with E-state index in [0.717, 1.165) is 25.5 Å². The number of amides is 1. The zero-order valence-corrected chi connectivity index (χ0v) is 14.6. The molecule has 1 amide bonds. The average molecular weight is 327 g/mol. The third-order valence-corrected chi connectivity index (χ3v) is 4.51. The number of hydrogen-bond acceptors (Lipinski definition) is 3. The number of hydrogen-bond donors (Lipinski definition) is 0. The summed E-state index contributed by atoms with van der Waals surface area (Å²) in [6.07, 6.45) is 5.17. The zero-order valence-electron chi connectivity index (χ0n) is 14.6. The van der Waals surface area contributed by atoms with Crippen molar-refractivity contribution in [3.8, 4) is 0 Å². The van der Waals surface area contributed by atoms with Gasteiger partial charge in [-0.25, -0.2) is 4.79 Å². The first-order chi connectivity index (χ1) is 11.3. The lowest BCUT2D eigenvalue weighted by Crippen LogP contribution is -2.37. The number of nitrogens with zero attached hydrogens (tertiary/aromatic N) is 1. The van der Waals surface area contributed by atoms with Gasteiger partial charge in [0.15, 0.2) is 0 Å². The summed E-state index contributed by atoms with van der Waals surface area (Å²) in [5, 5.41) is 0. The fourth-order valence-electron chi connectivity index (χ4n) is 2.83. The molecule has 1 aromatic carbocycles. The van der Waals surface area contributed by atoms with Crippen LogP contribution in [0.25, 0.3) is 0 Å². The molecule has 1 unspecified atom stereocenters. The van der Waals surface area contributed by atoms with Crippen molar-refractivity contribution in [3.05, 3.63) is 47.7 Å². The Morgan fingerprint density at radius 1 is 1.29 bits per heavy atom. The smallest absolute Gasteiger partial charge is 0.414 e. The molecule has 2 fully saturated rings. The lowest BCUT2D eigenvalue weighted by Gasteiger charge is -2.26. The highest BCUT2D eigenvalue weighted by Gasteiger charge is 2.45. The molecular formula is C20H25NO3. The third kappa shape index (κ3) is 4.05. The third-order valence-electron chi connectivity index (χ3n) is 4.51. The van der Waals surface area contributed by atoms with E-state index >= 15 is 0 Å². The quantitative estimate of drug-likeness (QED) is 0.759. The lowest BCUT2D eigenvalue weighted by molar-refractivity contribution is -0.112. The zero-order chi connectivity index (χ0) is 17.4. The molecule has 24 heavy (non-hydrogen) atoms. The fourth-order valence-corrected chi connectivity index (χ4v) is 2.83. The molecule has 128 valence electrons. The molecular weight excluding hydrogens is 302 g/mol. The van der Waals surface area contributed by atoms with E-state index in [-0.39, 0.29) is 11.5 Å². The van der Waals surface area contributed by atoms with E-state index in [9.17, 15) is 9.59 Å². The molecule has 0 bridgehead atoms. The second kappa shape index (κ2) is 6.08. The van der Waals surface area contributed by atoms with Crippen molar-refractivity contribution in [3.63, 3.8) is 0 Å². The Hall–Kier alpha value is -2.10. The van der Waals surface area contributed by atoms with E-state index in [0.29, 0.717) is 12.5 Å². The number of aldehydes is 1. The van der Waals surface area contributed by atoms with Gasteiger partial charge in [-0.05, 0) is 51.2 Å². The fraction of sp³-hybridized carbons (Fsp3) is 0.500. The van der Waals surface area contributed by atoms with E-state index in [4.69, 9.17) is 4.74 Å². The number of benzene rings is 1. The van der Waals surface area contributed by atoms with E-state index in [2.05, 4.69) is 12.1 Å². The molecule has 1 aromatic rings. The van der Waals surface area contributed by atoms with Crippen molar-refractivity contribution in [1.29, 1.82) is 0 Å². The van der Waals surface area contributed by atoms with Crippen molar-refractivity contribution < 1.29 is 14.3 Å². The molecule has 3 rings (SSSR count). The van der Waals surface area contributed by atoms with Gasteiger partial charge < -0.3 is 9.53 Å². The number of ether oxygens (including phenoxy) is 1. The summed E-state index contributed by atoms with van der Waals surface area (Å²) in [5.74, 6) is 0.377. The molecule has 0 aromatic heterocycles. The maximum Gasteiger partial charge on any atom is 0.414 e. The van der Waals surface area contributed by atoms with Crippen LogP contribution in [0.1, 0.15) is 51.5 Å². The van der Waals surface area contributed by atoms with E-state index < -0.39 is 5.60 Å². The minimum absolute atomic E-state index is 0.370. The molecule has 0 N–H and O–H groups in total. The summed E-state index contributed by atoms with van der Waals surface area (Å²) in [7, 11) is 0. The van der Waals surface area contributed by atoms with Crippen LogP contribution in [0.5, 0.6) is 0 Å². The highest BCUT2D eigenvalue weighted by Crippen LogP contribution is 2.48. The number of carbonyl (C=O) groups is 2. The Bertz CT molecular complexity index is 653. The van der Waals surface area contributed by atoms with Crippen molar-refractivity contribution in [1.82, 2.24) is 4.90 Å². The maximum absolute atomic E-state index is 12.5.